The fraction of sp³-hybridized carbons (Fsp3) is 0.125. The molecule has 5 aromatic rings. The van der Waals surface area contributed by atoms with Crippen molar-refractivity contribution in [3.8, 4) is 23.0 Å². The van der Waals surface area contributed by atoms with Crippen LogP contribution in [0.5, 0.6) is 23.0 Å². The van der Waals surface area contributed by atoms with Crippen LogP contribution in [0.15, 0.2) is 133 Å². The molecule has 5 aromatic carbocycles. The lowest BCUT2D eigenvalue weighted by Crippen LogP contribution is -2.57. The molecular formula is C40H34N2O7. The lowest BCUT2D eigenvalue weighted by molar-refractivity contribution is -0.121. The third-order valence-corrected chi connectivity index (χ3v) is 7.72. The molecule has 0 N–H and O–H groups in total. The Morgan fingerprint density at radius 3 is 1.65 bits per heavy atom. The monoisotopic (exact) mass is 654 g/mol. The molecule has 0 saturated carbocycles. The fourth-order valence-corrected chi connectivity index (χ4v) is 5.33. The van der Waals surface area contributed by atoms with E-state index in [9.17, 15) is 14.4 Å². The maximum atomic E-state index is 13.8. The Morgan fingerprint density at radius 2 is 1.08 bits per heavy atom. The molecule has 0 bridgehead atoms. The summed E-state index contributed by atoms with van der Waals surface area (Å²) in [5, 5.41) is 0. The maximum Gasteiger partial charge on any atom is 0.343 e. The molecule has 4 amide bonds. The van der Waals surface area contributed by atoms with Crippen LogP contribution in [0, 0.1) is 0 Å². The molecule has 1 fully saturated rings. The second kappa shape index (κ2) is 15.0. The number of amides is 4. The molecule has 0 radical (unpaired) electrons. The van der Waals surface area contributed by atoms with Crippen molar-refractivity contribution in [3.63, 3.8) is 0 Å². The van der Waals surface area contributed by atoms with Gasteiger partial charge in [-0.25, -0.2) is 14.6 Å². The van der Waals surface area contributed by atoms with E-state index in [1.165, 1.54) is 6.08 Å². The highest BCUT2D eigenvalue weighted by Gasteiger charge is 2.43. The van der Waals surface area contributed by atoms with E-state index < -0.39 is 17.8 Å². The SMILES string of the molecule is CCOc1cc(C=C2C(=O)N(c3ccccc3)C(=O)N(c3ccccc3)C2=O)ccc1OCc1ccc(OCc2ccccc2)c(OC)c1. The van der Waals surface area contributed by atoms with Gasteiger partial charge in [0.1, 0.15) is 18.8 Å². The molecule has 1 aliphatic heterocycles. The molecule has 1 aliphatic rings. The van der Waals surface area contributed by atoms with Crippen LogP contribution < -0.4 is 28.7 Å². The third-order valence-electron chi connectivity index (χ3n) is 7.72. The van der Waals surface area contributed by atoms with E-state index in [1.54, 1.807) is 86.0 Å². The van der Waals surface area contributed by atoms with Gasteiger partial charge in [0.05, 0.1) is 25.1 Å². The molecule has 1 heterocycles. The topological polar surface area (TPSA) is 94.6 Å². The van der Waals surface area contributed by atoms with Gasteiger partial charge in [-0.3, -0.25) is 9.59 Å². The second-order valence-corrected chi connectivity index (χ2v) is 11.0. The van der Waals surface area contributed by atoms with Gasteiger partial charge in [-0.15, -0.1) is 0 Å². The van der Waals surface area contributed by atoms with E-state index in [0.29, 0.717) is 53.2 Å². The van der Waals surface area contributed by atoms with E-state index in [-0.39, 0.29) is 12.2 Å². The van der Waals surface area contributed by atoms with Crippen molar-refractivity contribution >= 4 is 35.3 Å². The van der Waals surface area contributed by atoms with E-state index in [4.69, 9.17) is 18.9 Å². The van der Waals surface area contributed by atoms with Crippen molar-refractivity contribution < 1.29 is 33.3 Å². The number of barbiturate groups is 1. The molecule has 0 aliphatic carbocycles. The zero-order valence-electron chi connectivity index (χ0n) is 27.1. The Bertz CT molecular complexity index is 1920. The number of anilines is 2. The Hall–Kier alpha value is -6.35. The van der Waals surface area contributed by atoms with E-state index in [1.807, 2.05) is 55.5 Å². The maximum absolute atomic E-state index is 13.8. The molecule has 0 spiro atoms. The van der Waals surface area contributed by atoms with Crippen molar-refractivity contribution in [1.29, 1.82) is 0 Å². The number of benzene rings is 5. The Labute approximate surface area is 284 Å². The Balaban J connectivity index is 1.25. The van der Waals surface area contributed by atoms with Crippen molar-refractivity contribution in [2.45, 2.75) is 20.1 Å². The molecule has 0 unspecified atom stereocenters. The minimum absolute atomic E-state index is 0.176. The zero-order valence-corrected chi connectivity index (χ0v) is 27.1. The summed E-state index contributed by atoms with van der Waals surface area (Å²) in [5.74, 6) is 0.652. The molecule has 0 atom stereocenters. The minimum Gasteiger partial charge on any atom is -0.493 e. The number of rotatable bonds is 12. The van der Waals surface area contributed by atoms with Crippen LogP contribution in [0.4, 0.5) is 16.2 Å². The van der Waals surface area contributed by atoms with E-state index in [0.717, 1.165) is 20.9 Å². The molecule has 0 aromatic heterocycles. The summed E-state index contributed by atoms with van der Waals surface area (Å²) in [5.41, 5.74) is 2.94. The number of hydrogen-bond donors (Lipinski definition) is 0. The van der Waals surface area contributed by atoms with Gasteiger partial charge in [-0.2, -0.15) is 0 Å². The smallest absolute Gasteiger partial charge is 0.343 e. The van der Waals surface area contributed by atoms with Gasteiger partial charge < -0.3 is 18.9 Å². The summed E-state index contributed by atoms with van der Waals surface area (Å²) in [4.78, 5) is 43.2. The summed E-state index contributed by atoms with van der Waals surface area (Å²) in [6.45, 7) is 2.83. The number of nitrogens with zero attached hydrogens (tertiary/aromatic N) is 2. The molecule has 246 valence electrons. The van der Waals surface area contributed by atoms with Crippen LogP contribution in [-0.2, 0) is 22.8 Å². The van der Waals surface area contributed by atoms with Crippen LogP contribution in [0.3, 0.4) is 0 Å². The van der Waals surface area contributed by atoms with Crippen LogP contribution >= 0.6 is 0 Å². The fourth-order valence-electron chi connectivity index (χ4n) is 5.33. The van der Waals surface area contributed by atoms with E-state index in [2.05, 4.69) is 0 Å². The average Bonchev–Trinajstić information content (AvgIpc) is 3.14. The summed E-state index contributed by atoms with van der Waals surface area (Å²) in [6.07, 6.45) is 1.47. The summed E-state index contributed by atoms with van der Waals surface area (Å²) < 4.78 is 23.6. The molecular weight excluding hydrogens is 620 g/mol. The van der Waals surface area contributed by atoms with Gasteiger partial charge in [0.25, 0.3) is 11.8 Å². The van der Waals surface area contributed by atoms with Gasteiger partial charge in [-0.1, -0.05) is 78.9 Å². The highest BCUT2D eigenvalue weighted by atomic mass is 16.5. The lowest BCUT2D eigenvalue weighted by Gasteiger charge is -2.33. The highest BCUT2D eigenvalue weighted by Crippen LogP contribution is 2.34. The van der Waals surface area contributed by atoms with Crippen LogP contribution in [0.25, 0.3) is 6.08 Å². The molecule has 9 heteroatoms. The van der Waals surface area contributed by atoms with Gasteiger partial charge >= 0.3 is 6.03 Å². The van der Waals surface area contributed by atoms with Gasteiger partial charge in [-0.05, 0) is 78.2 Å². The minimum atomic E-state index is -0.754. The normalized spacial score (nSPS) is 12.9. The first-order valence-electron chi connectivity index (χ1n) is 15.7. The van der Waals surface area contributed by atoms with Crippen molar-refractivity contribution in [2.24, 2.45) is 0 Å². The standard InChI is InChI=1S/C40H34N2O7/c1-3-47-37-24-29(19-21-35(37)49-27-30-20-22-34(36(25-30)46-2)48-26-28-13-7-4-8-14-28)23-33-38(43)41(31-15-9-5-10-16-31)40(45)42(39(33)44)32-17-11-6-12-18-32/h4-25H,3,26-27H2,1-2H3. The predicted octanol–water partition coefficient (Wildman–Crippen LogP) is 7.84. The van der Waals surface area contributed by atoms with Gasteiger partial charge in [0.15, 0.2) is 23.0 Å². The van der Waals surface area contributed by atoms with Crippen molar-refractivity contribution in [3.05, 3.63) is 150 Å². The first-order chi connectivity index (χ1) is 24.0. The second-order valence-electron chi connectivity index (χ2n) is 11.0. The van der Waals surface area contributed by atoms with Crippen molar-refractivity contribution in [1.82, 2.24) is 0 Å². The number of imide groups is 2. The lowest BCUT2D eigenvalue weighted by atomic mass is 10.0. The Morgan fingerprint density at radius 1 is 0.551 bits per heavy atom. The summed E-state index contributed by atoms with van der Waals surface area (Å²) in [7, 11) is 1.59. The number of urea groups is 1. The zero-order chi connectivity index (χ0) is 34.2. The Kier molecular flexibility index (Phi) is 10.0. The summed E-state index contributed by atoms with van der Waals surface area (Å²) in [6, 6.07) is 36.9. The number of para-hydroxylation sites is 2. The largest absolute Gasteiger partial charge is 0.493 e. The van der Waals surface area contributed by atoms with Crippen LogP contribution in [0.1, 0.15) is 23.6 Å². The quantitative estimate of drug-likeness (QED) is 0.1000. The first-order valence-corrected chi connectivity index (χ1v) is 15.7. The summed E-state index contributed by atoms with van der Waals surface area (Å²) >= 11 is 0. The average molecular weight is 655 g/mol. The first kappa shape index (κ1) is 32.6. The van der Waals surface area contributed by atoms with Crippen molar-refractivity contribution in [2.75, 3.05) is 23.5 Å². The third kappa shape index (κ3) is 7.31. The molecule has 6 rings (SSSR count). The number of ether oxygens (including phenoxy) is 4. The molecule has 1 saturated heterocycles. The predicted molar refractivity (Wildman–Crippen MR) is 187 cm³/mol. The highest BCUT2D eigenvalue weighted by molar-refractivity contribution is 6.46. The van der Waals surface area contributed by atoms with Gasteiger partial charge in [0, 0.05) is 0 Å². The number of carbonyl (C=O) groups is 3. The number of methoxy groups -OCH3 is 1. The number of carbonyl (C=O) groups excluding carboxylic acids is 3. The molecule has 49 heavy (non-hydrogen) atoms. The molecule has 9 nitrogen and oxygen atoms in total. The number of hydrogen-bond acceptors (Lipinski definition) is 7. The van der Waals surface area contributed by atoms with Crippen LogP contribution in [-0.4, -0.2) is 31.6 Å². The van der Waals surface area contributed by atoms with Gasteiger partial charge in [0.2, 0.25) is 0 Å². The van der Waals surface area contributed by atoms with Crippen LogP contribution in [0.2, 0.25) is 0 Å². The van der Waals surface area contributed by atoms with E-state index >= 15 is 0 Å².